The Balaban J connectivity index is 3.04. The molecule has 0 aromatic carbocycles. The van der Waals surface area contributed by atoms with Crippen LogP contribution in [0.2, 0.25) is 0 Å². The lowest BCUT2D eigenvalue weighted by Gasteiger charge is -2.27. The summed E-state index contributed by atoms with van der Waals surface area (Å²) in [6.07, 6.45) is 3.31. The molecule has 4 amide bonds. The Morgan fingerprint density at radius 3 is 2.29 bits per heavy atom. The van der Waals surface area contributed by atoms with E-state index in [2.05, 4.69) is 21.3 Å². The highest BCUT2D eigenvalue weighted by molar-refractivity contribution is 5.94. The maximum absolute atomic E-state index is 12.8. The van der Waals surface area contributed by atoms with Crippen molar-refractivity contribution < 1.29 is 19.2 Å². The van der Waals surface area contributed by atoms with E-state index < -0.39 is 23.9 Å². The highest BCUT2D eigenvalue weighted by Gasteiger charge is 2.30. The van der Waals surface area contributed by atoms with Gasteiger partial charge in [0.05, 0.1) is 6.54 Å². The molecule has 6 N–H and O–H groups in total. The second kappa shape index (κ2) is 12.3. The molecule has 0 aromatic heterocycles. The van der Waals surface area contributed by atoms with E-state index in [1.165, 1.54) is 0 Å². The molecule has 9 heteroatoms. The summed E-state index contributed by atoms with van der Waals surface area (Å²) in [6, 6.07) is -1.87. The molecule has 0 bridgehead atoms. The molecule has 1 rings (SSSR count). The van der Waals surface area contributed by atoms with Crippen LogP contribution in [0.1, 0.15) is 59.3 Å². The lowest BCUT2D eigenvalue weighted by Crippen LogP contribution is -2.56. The number of carbonyl (C=O) groups excluding carboxylic acids is 4. The van der Waals surface area contributed by atoms with Crippen LogP contribution in [0.3, 0.4) is 0 Å². The Hall–Kier alpha value is -2.16. The van der Waals surface area contributed by atoms with Crippen molar-refractivity contribution in [3.05, 3.63) is 0 Å². The van der Waals surface area contributed by atoms with Crippen LogP contribution < -0.4 is 27.0 Å². The minimum atomic E-state index is -0.780. The van der Waals surface area contributed by atoms with Gasteiger partial charge in [-0.25, -0.2) is 0 Å². The number of nitrogens with one attached hydrogen (secondary N) is 4. The largest absolute Gasteiger partial charge is 0.351 e. The minimum Gasteiger partial charge on any atom is -0.351 e. The molecule has 0 spiro atoms. The van der Waals surface area contributed by atoms with Crippen LogP contribution in [-0.2, 0) is 19.2 Å². The Kier molecular flexibility index (Phi) is 10.5. The lowest BCUT2D eigenvalue weighted by atomic mass is 10.0. The Bertz CT molecular complexity index is 552. The van der Waals surface area contributed by atoms with Gasteiger partial charge in [-0.2, -0.15) is 0 Å². The SMILES string of the molecule is CCC[C@H]1CC(=O)NCC(=O)N[C@@H](CCCCN)C(=O)N[C@@H](C(C)C)C(=O)N1. The summed E-state index contributed by atoms with van der Waals surface area (Å²) in [7, 11) is 0. The van der Waals surface area contributed by atoms with Gasteiger partial charge < -0.3 is 27.0 Å². The van der Waals surface area contributed by atoms with Crippen molar-refractivity contribution in [3.8, 4) is 0 Å². The van der Waals surface area contributed by atoms with E-state index in [1.807, 2.05) is 20.8 Å². The fraction of sp³-hybridized carbons (Fsp3) is 0.789. The summed E-state index contributed by atoms with van der Waals surface area (Å²) < 4.78 is 0. The molecular weight excluding hydrogens is 362 g/mol. The number of carbonyl (C=O) groups is 4. The van der Waals surface area contributed by atoms with Crippen molar-refractivity contribution in [1.29, 1.82) is 0 Å². The predicted molar refractivity (Wildman–Crippen MR) is 106 cm³/mol. The molecule has 160 valence electrons. The first-order valence-corrected chi connectivity index (χ1v) is 10.1. The highest BCUT2D eigenvalue weighted by Crippen LogP contribution is 2.09. The number of nitrogens with two attached hydrogens (primary N) is 1. The Labute approximate surface area is 166 Å². The van der Waals surface area contributed by atoms with Crippen LogP contribution in [0.25, 0.3) is 0 Å². The summed E-state index contributed by atoms with van der Waals surface area (Å²) in [5, 5.41) is 10.9. The Morgan fingerprint density at radius 2 is 1.68 bits per heavy atom. The van der Waals surface area contributed by atoms with Crippen LogP contribution in [0.15, 0.2) is 0 Å². The zero-order valence-electron chi connectivity index (χ0n) is 17.2. The van der Waals surface area contributed by atoms with Crippen LogP contribution in [0.5, 0.6) is 0 Å². The van der Waals surface area contributed by atoms with Gasteiger partial charge >= 0.3 is 0 Å². The van der Waals surface area contributed by atoms with Gasteiger partial charge in [0.25, 0.3) is 0 Å². The lowest BCUT2D eigenvalue weighted by molar-refractivity contribution is -0.133. The topological polar surface area (TPSA) is 142 Å². The van der Waals surface area contributed by atoms with Gasteiger partial charge in [0, 0.05) is 12.5 Å². The van der Waals surface area contributed by atoms with Crippen LogP contribution in [-0.4, -0.2) is 54.8 Å². The van der Waals surface area contributed by atoms with Gasteiger partial charge in [0.1, 0.15) is 12.1 Å². The molecule has 3 atom stereocenters. The van der Waals surface area contributed by atoms with Gasteiger partial charge in [-0.05, 0) is 38.1 Å². The van der Waals surface area contributed by atoms with E-state index in [9.17, 15) is 19.2 Å². The van der Waals surface area contributed by atoms with E-state index in [0.29, 0.717) is 25.8 Å². The first-order valence-electron chi connectivity index (χ1n) is 10.1. The van der Waals surface area contributed by atoms with Crippen molar-refractivity contribution in [2.75, 3.05) is 13.1 Å². The molecule has 0 unspecified atom stereocenters. The number of unbranched alkanes of at least 4 members (excludes halogenated alkanes) is 1. The van der Waals surface area contributed by atoms with Gasteiger partial charge in [0.15, 0.2) is 0 Å². The van der Waals surface area contributed by atoms with Crippen molar-refractivity contribution in [2.45, 2.75) is 77.4 Å². The average molecular weight is 398 g/mol. The van der Waals surface area contributed by atoms with Gasteiger partial charge in [-0.1, -0.05) is 27.2 Å². The second-order valence-electron chi connectivity index (χ2n) is 7.61. The second-order valence-corrected chi connectivity index (χ2v) is 7.61. The summed E-state index contributed by atoms with van der Waals surface area (Å²) >= 11 is 0. The zero-order valence-corrected chi connectivity index (χ0v) is 17.2. The number of hydrogen-bond acceptors (Lipinski definition) is 5. The maximum atomic E-state index is 12.8. The average Bonchev–Trinajstić information content (AvgIpc) is 2.63. The molecule has 1 heterocycles. The Morgan fingerprint density at radius 1 is 0.964 bits per heavy atom. The quantitative estimate of drug-likeness (QED) is 0.370. The molecule has 0 aliphatic carbocycles. The molecule has 28 heavy (non-hydrogen) atoms. The van der Waals surface area contributed by atoms with E-state index in [0.717, 1.165) is 12.8 Å². The zero-order chi connectivity index (χ0) is 21.1. The van der Waals surface area contributed by atoms with E-state index in [-0.39, 0.29) is 36.7 Å². The number of hydrogen-bond donors (Lipinski definition) is 5. The van der Waals surface area contributed by atoms with Crippen LogP contribution in [0.4, 0.5) is 0 Å². The number of rotatable bonds is 7. The van der Waals surface area contributed by atoms with E-state index >= 15 is 0 Å². The molecule has 1 aliphatic rings. The molecule has 0 radical (unpaired) electrons. The first kappa shape index (κ1) is 23.9. The van der Waals surface area contributed by atoms with Gasteiger partial charge in [-0.15, -0.1) is 0 Å². The molecular formula is C19H35N5O4. The van der Waals surface area contributed by atoms with Crippen molar-refractivity contribution in [1.82, 2.24) is 21.3 Å². The van der Waals surface area contributed by atoms with Gasteiger partial charge in [0.2, 0.25) is 23.6 Å². The van der Waals surface area contributed by atoms with E-state index in [4.69, 9.17) is 5.73 Å². The third-order valence-corrected chi connectivity index (χ3v) is 4.71. The highest BCUT2D eigenvalue weighted by atomic mass is 16.2. The molecule has 0 saturated carbocycles. The van der Waals surface area contributed by atoms with Crippen molar-refractivity contribution >= 4 is 23.6 Å². The number of amides is 4. The van der Waals surface area contributed by atoms with Crippen LogP contribution >= 0.6 is 0 Å². The smallest absolute Gasteiger partial charge is 0.243 e. The third-order valence-electron chi connectivity index (χ3n) is 4.71. The van der Waals surface area contributed by atoms with Crippen molar-refractivity contribution in [3.63, 3.8) is 0 Å². The van der Waals surface area contributed by atoms with Crippen LogP contribution in [0, 0.1) is 5.92 Å². The molecule has 0 aromatic rings. The summed E-state index contributed by atoms with van der Waals surface area (Å²) in [6.45, 7) is 5.93. The molecule has 9 nitrogen and oxygen atoms in total. The first-order chi connectivity index (χ1) is 13.3. The third kappa shape index (κ3) is 8.24. The molecule has 1 saturated heterocycles. The normalized spacial score (nSPS) is 25.0. The predicted octanol–water partition coefficient (Wildman–Crippen LogP) is -0.454. The molecule has 1 aliphatic heterocycles. The summed E-state index contributed by atoms with van der Waals surface area (Å²) in [4.78, 5) is 49.9. The maximum Gasteiger partial charge on any atom is 0.243 e. The van der Waals surface area contributed by atoms with Crippen molar-refractivity contribution in [2.24, 2.45) is 11.7 Å². The van der Waals surface area contributed by atoms with E-state index in [1.54, 1.807) is 0 Å². The summed E-state index contributed by atoms with van der Waals surface area (Å²) in [5.41, 5.74) is 5.51. The fourth-order valence-corrected chi connectivity index (χ4v) is 3.14. The minimum absolute atomic E-state index is 0.0888. The summed E-state index contributed by atoms with van der Waals surface area (Å²) in [5.74, 6) is -1.62. The standard InChI is InChI=1S/C19H35N5O4/c1-4-7-13-10-15(25)21-11-16(26)23-14(8-5-6-9-20)18(27)24-17(12(2)3)19(28)22-13/h12-14,17H,4-11,20H2,1-3H3,(H,21,25)(H,22,28)(H,23,26)(H,24,27)/t13-,14-,17-/m0/s1. The monoisotopic (exact) mass is 397 g/mol. The fourth-order valence-electron chi connectivity index (χ4n) is 3.14. The van der Waals surface area contributed by atoms with Gasteiger partial charge in [-0.3, -0.25) is 19.2 Å². The molecule has 1 fully saturated rings.